The maximum absolute atomic E-state index is 12.0. The lowest BCUT2D eigenvalue weighted by Gasteiger charge is -2.29. The Balaban J connectivity index is 1.84. The molecule has 0 spiro atoms. The van der Waals surface area contributed by atoms with Crippen LogP contribution in [0.15, 0.2) is 29.2 Å². The Bertz CT molecular complexity index is 922. The van der Waals surface area contributed by atoms with Gasteiger partial charge in [-0.2, -0.15) is 0 Å². The fourth-order valence-corrected chi connectivity index (χ4v) is 3.69. The molecule has 1 amide bonds. The molecular formula is C18H18N4O3S. The van der Waals surface area contributed by atoms with Crippen molar-refractivity contribution in [3.63, 3.8) is 0 Å². The minimum absolute atomic E-state index is 0.146. The molecular weight excluding hydrogens is 352 g/mol. The number of anilines is 1. The first-order chi connectivity index (χ1) is 12.6. The Hall–Kier alpha value is -2.58. The molecule has 4 rings (SSSR count). The average Bonchev–Trinajstić information content (AvgIpc) is 2.98. The quantitative estimate of drug-likeness (QED) is 0.806. The number of carbonyl (C=O) groups excluding carboxylic acids is 1. The number of pyridine rings is 1. The average molecular weight is 370 g/mol. The third-order valence-corrected chi connectivity index (χ3v) is 5.12. The Morgan fingerprint density at radius 3 is 2.85 bits per heavy atom. The second-order valence-corrected chi connectivity index (χ2v) is 7.01. The minimum Gasteiger partial charge on any atom is -0.497 e. The normalized spacial score (nSPS) is 19.3. The van der Waals surface area contributed by atoms with E-state index in [4.69, 9.17) is 19.9 Å². The summed E-state index contributed by atoms with van der Waals surface area (Å²) >= 11 is 1.13. The number of nitrogens with one attached hydrogen (secondary N) is 2. The highest BCUT2D eigenvalue weighted by atomic mass is 32.2. The zero-order valence-electron chi connectivity index (χ0n) is 14.2. The number of methoxy groups -OCH3 is 1. The third-order valence-electron chi connectivity index (χ3n) is 4.29. The van der Waals surface area contributed by atoms with Crippen molar-refractivity contribution in [1.29, 1.82) is 5.41 Å². The van der Waals surface area contributed by atoms with E-state index in [2.05, 4.69) is 10.2 Å². The van der Waals surface area contributed by atoms with Gasteiger partial charge in [-0.15, -0.1) is 0 Å². The first kappa shape index (κ1) is 16.9. The summed E-state index contributed by atoms with van der Waals surface area (Å²) in [5, 5.41) is 11.3. The van der Waals surface area contributed by atoms with Gasteiger partial charge < -0.3 is 19.7 Å². The van der Waals surface area contributed by atoms with Crippen molar-refractivity contribution in [3.8, 4) is 5.75 Å². The van der Waals surface area contributed by atoms with E-state index in [1.807, 2.05) is 30.3 Å². The number of thioether (sulfide) groups is 1. The first-order valence-electron chi connectivity index (χ1n) is 8.25. The predicted molar refractivity (Wildman–Crippen MR) is 103 cm³/mol. The third kappa shape index (κ3) is 3.25. The van der Waals surface area contributed by atoms with Gasteiger partial charge in [0.15, 0.2) is 5.17 Å². The van der Waals surface area contributed by atoms with Crippen LogP contribution in [0, 0.1) is 5.41 Å². The Kier molecular flexibility index (Phi) is 4.52. The van der Waals surface area contributed by atoms with Gasteiger partial charge in [0.25, 0.3) is 5.91 Å². The summed E-state index contributed by atoms with van der Waals surface area (Å²) in [5.41, 5.74) is 1.70. The second kappa shape index (κ2) is 6.97. The number of rotatable bonds is 3. The van der Waals surface area contributed by atoms with Crippen molar-refractivity contribution in [3.05, 3.63) is 34.7 Å². The molecule has 0 aliphatic carbocycles. The number of amidine groups is 1. The zero-order chi connectivity index (χ0) is 18.1. The summed E-state index contributed by atoms with van der Waals surface area (Å²) in [6, 6.07) is 7.77. The number of aromatic nitrogens is 1. The van der Waals surface area contributed by atoms with Crippen molar-refractivity contribution in [2.75, 3.05) is 38.3 Å². The van der Waals surface area contributed by atoms with Gasteiger partial charge in [-0.3, -0.25) is 10.2 Å². The van der Waals surface area contributed by atoms with Crippen LogP contribution in [0.1, 0.15) is 5.56 Å². The highest BCUT2D eigenvalue weighted by Crippen LogP contribution is 2.32. The van der Waals surface area contributed by atoms with Crippen LogP contribution in [0.2, 0.25) is 0 Å². The van der Waals surface area contributed by atoms with Crippen LogP contribution in [-0.4, -0.2) is 49.5 Å². The van der Waals surface area contributed by atoms with E-state index in [0.29, 0.717) is 18.1 Å². The zero-order valence-corrected chi connectivity index (χ0v) is 15.1. The van der Waals surface area contributed by atoms with Crippen molar-refractivity contribution in [1.82, 2.24) is 10.3 Å². The van der Waals surface area contributed by atoms with Gasteiger partial charge in [0.1, 0.15) is 11.6 Å². The summed E-state index contributed by atoms with van der Waals surface area (Å²) in [7, 11) is 1.63. The van der Waals surface area contributed by atoms with E-state index in [-0.39, 0.29) is 11.1 Å². The SMILES string of the molecule is COc1ccc2cc(C=C3SC(=N)NC3=O)c(N3CCOCC3)nc2c1. The van der Waals surface area contributed by atoms with Gasteiger partial charge in [0.2, 0.25) is 0 Å². The molecule has 0 saturated carbocycles. The lowest BCUT2D eigenvalue weighted by atomic mass is 10.1. The van der Waals surface area contributed by atoms with Crippen LogP contribution < -0.4 is 15.0 Å². The molecule has 1 aromatic heterocycles. The van der Waals surface area contributed by atoms with Crippen molar-refractivity contribution < 1.29 is 14.3 Å². The summed E-state index contributed by atoms with van der Waals surface area (Å²) in [6.45, 7) is 2.78. The Labute approximate surface area is 154 Å². The number of hydrogen-bond donors (Lipinski definition) is 2. The van der Waals surface area contributed by atoms with Gasteiger partial charge in [-0.25, -0.2) is 4.98 Å². The van der Waals surface area contributed by atoms with E-state index in [9.17, 15) is 4.79 Å². The molecule has 2 aliphatic heterocycles. The molecule has 2 aliphatic rings. The topological polar surface area (TPSA) is 87.5 Å². The fraction of sp³-hybridized carbons (Fsp3) is 0.278. The molecule has 2 N–H and O–H groups in total. The maximum Gasteiger partial charge on any atom is 0.264 e. The van der Waals surface area contributed by atoms with Gasteiger partial charge in [-0.1, -0.05) is 0 Å². The molecule has 0 bridgehead atoms. The summed E-state index contributed by atoms with van der Waals surface area (Å²) in [6.07, 6.45) is 1.81. The van der Waals surface area contributed by atoms with E-state index in [1.54, 1.807) is 7.11 Å². The van der Waals surface area contributed by atoms with Crippen LogP contribution >= 0.6 is 11.8 Å². The maximum atomic E-state index is 12.0. The lowest BCUT2D eigenvalue weighted by molar-refractivity contribution is -0.115. The molecule has 7 nitrogen and oxygen atoms in total. The number of benzene rings is 1. The standard InChI is InChI=1S/C18H18N4O3S/c1-24-13-3-2-11-8-12(9-15-17(23)21-18(19)26-15)16(20-14(11)10-13)22-4-6-25-7-5-22/h2-3,8-10H,4-7H2,1H3,(H2,19,21,23). The number of amides is 1. The second-order valence-electron chi connectivity index (χ2n) is 5.95. The van der Waals surface area contributed by atoms with Crippen LogP contribution in [0.4, 0.5) is 5.82 Å². The first-order valence-corrected chi connectivity index (χ1v) is 9.06. The number of morpholine rings is 1. The summed E-state index contributed by atoms with van der Waals surface area (Å²) in [5.74, 6) is 1.32. The highest BCUT2D eigenvalue weighted by Gasteiger charge is 2.24. The molecule has 2 aromatic rings. The van der Waals surface area contributed by atoms with Gasteiger partial charge in [0, 0.05) is 30.1 Å². The smallest absolute Gasteiger partial charge is 0.264 e. The monoisotopic (exact) mass is 370 g/mol. The molecule has 0 atom stereocenters. The predicted octanol–water partition coefficient (Wildman–Crippen LogP) is 2.22. The van der Waals surface area contributed by atoms with E-state index in [1.165, 1.54) is 0 Å². The van der Waals surface area contributed by atoms with Crippen molar-refractivity contribution >= 4 is 45.6 Å². The number of ether oxygens (including phenoxy) is 2. The molecule has 0 unspecified atom stereocenters. The molecule has 134 valence electrons. The van der Waals surface area contributed by atoms with Crippen molar-refractivity contribution in [2.45, 2.75) is 0 Å². The summed E-state index contributed by atoms with van der Waals surface area (Å²) in [4.78, 5) is 19.5. The molecule has 2 fully saturated rings. The van der Waals surface area contributed by atoms with Crippen LogP contribution in [0.3, 0.4) is 0 Å². The number of carbonyl (C=O) groups is 1. The van der Waals surface area contributed by atoms with E-state index in [0.717, 1.165) is 52.9 Å². The number of nitrogens with zero attached hydrogens (tertiary/aromatic N) is 2. The van der Waals surface area contributed by atoms with Crippen LogP contribution in [0.25, 0.3) is 17.0 Å². The fourth-order valence-electron chi connectivity index (χ4n) is 3.00. The molecule has 8 heteroatoms. The molecule has 26 heavy (non-hydrogen) atoms. The lowest BCUT2D eigenvalue weighted by Crippen LogP contribution is -2.37. The highest BCUT2D eigenvalue weighted by molar-refractivity contribution is 8.18. The van der Waals surface area contributed by atoms with Crippen molar-refractivity contribution in [2.24, 2.45) is 0 Å². The largest absolute Gasteiger partial charge is 0.497 e. The Morgan fingerprint density at radius 2 is 2.15 bits per heavy atom. The molecule has 2 saturated heterocycles. The molecule has 3 heterocycles. The molecule has 0 radical (unpaired) electrons. The van der Waals surface area contributed by atoms with Gasteiger partial charge in [-0.05, 0) is 36.0 Å². The minimum atomic E-state index is -0.247. The van der Waals surface area contributed by atoms with Gasteiger partial charge in [0.05, 0.1) is 30.7 Å². The van der Waals surface area contributed by atoms with E-state index >= 15 is 0 Å². The number of hydrogen-bond acceptors (Lipinski definition) is 7. The Morgan fingerprint density at radius 1 is 1.35 bits per heavy atom. The number of fused-ring (bicyclic) bond motifs is 1. The van der Waals surface area contributed by atoms with Gasteiger partial charge >= 0.3 is 0 Å². The van der Waals surface area contributed by atoms with Crippen LogP contribution in [0.5, 0.6) is 5.75 Å². The molecule has 1 aromatic carbocycles. The van der Waals surface area contributed by atoms with Crippen LogP contribution in [-0.2, 0) is 9.53 Å². The summed E-state index contributed by atoms with van der Waals surface area (Å²) < 4.78 is 10.8. The van der Waals surface area contributed by atoms with E-state index < -0.39 is 0 Å².